The van der Waals surface area contributed by atoms with Crippen LogP contribution < -0.4 is 20.9 Å². The van der Waals surface area contributed by atoms with Crippen molar-refractivity contribution >= 4 is 32.7 Å². The SMILES string of the molecule is CCOc1cc(C(CS(C)(=O)=O)n2c(=O)[nH]c3c(C(C=NC)=CN)cccc32)ccc1OC. The molecule has 1 atom stereocenters. The van der Waals surface area contributed by atoms with Crippen LogP contribution in [-0.2, 0) is 9.84 Å². The van der Waals surface area contributed by atoms with E-state index in [1.807, 2.05) is 13.0 Å². The lowest BCUT2D eigenvalue weighted by molar-refractivity contribution is 0.310. The van der Waals surface area contributed by atoms with Gasteiger partial charge < -0.3 is 20.2 Å². The zero-order valence-electron chi connectivity index (χ0n) is 19.0. The number of aromatic amines is 1. The maximum atomic E-state index is 13.2. The van der Waals surface area contributed by atoms with E-state index in [-0.39, 0.29) is 5.75 Å². The molecule has 176 valence electrons. The summed E-state index contributed by atoms with van der Waals surface area (Å²) in [5.41, 5.74) is 8.32. The number of imidazole rings is 1. The van der Waals surface area contributed by atoms with E-state index in [0.29, 0.717) is 45.8 Å². The maximum Gasteiger partial charge on any atom is 0.327 e. The zero-order valence-corrected chi connectivity index (χ0v) is 19.8. The molecule has 1 heterocycles. The van der Waals surface area contributed by atoms with E-state index < -0.39 is 21.6 Å². The highest BCUT2D eigenvalue weighted by Gasteiger charge is 2.25. The van der Waals surface area contributed by atoms with Crippen molar-refractivity contribution in [3.8, 4) is 11.5 Å². The number of nitrogens with one attached hydrogen (secondary N) is 1. The standard InChI is InChI=1S/C23H28N4O5S/c1-5-32-21-11-15(9-10-20(21)31-3)19(14-33(4,29)30)27-18-8-6-7-17(16(12-24)13-25-2)22(18)26-23(27)28/h6-13,19H,5,14,24H2,1-4H3,(H,26,28). The van der Waals surface area contributed by atoms with Gasteiger partial charge in [0.05, 0.1) is 36.5 Å². The molecule has 0 spiro atoms. The van der Waals surface area contributed by atoms with Crippen LogP contribution in [0, 0.1) is 0 Å². The maximum absolute atomic E-state index is 13.2. The van der Waals surface area contributed by atoms with Gasteiger partial charge in [0.1, 0.15) is 9.84 Å². The van der Waals surface area contributed by atoms with Crippen LogP contribution in [0.3, 0.4) is 0 Å². The van der Waals surface area contributed by atoms with Gasteiger partial charge in [-0.25, -0.2) is 13.2 Å². The molecule has 33 heavy (non-hydrogen) atoms. The molecule has 0 radical (unpaired) electrons. The van der Waals surface area contributed by atoms with Crippen molar-refractivity contribution in [2.24, 2.45) is 10.7 Å². The van der Waals surface area contributed by atoms with Crippen molar-refractivity contribution < 1.29 is 17.9 Å². The van der Waals surface area contributed by atoms with Gasteiger partial charge in [0.2, 0.25) is 0 Å². The van der Waals surface area contributed by atoms with Gasteiger partial charge in [-0.15, -0.1) is 0 Å². The second-order valence-corrected chi connectivity index (χ2v) is 9.65. The predicted octanol–water partition coefficient (Wildman–Crippen LogP) is 2.37. The van der Waals surface area contributed by atoms with E-state index in [4.69, 9.17) is 15.2 Å². The first-order valence-corrected chi connectivity index (χ1v) is 12.4. The number of H-pyrrole nitrogens is 1. The number of ether oxygens (including phenoxy) is 2. The molecular formula is C23H28N4O5S. The highest BCUT2D eigenvalue weighted by molar-refractivity contribution is 7.90. The van der Waals surface area contributed by atoms with Crippen molar-refractivity contribution in [1.82, 2.24) is 9.55 Å². The summed E-state index contributed by atoms with van der Waals surface area (Å²) in [4.78, 5) is 20.0. The number of aromatic nitrogens is 2. The lowest BCUT2D eigenvalue weighted by Gasteiger charge is -2.20. The number of allylic oxidation sites excluding steroid dienone is 1. The fraction of sp³-hybridized carbons (Fsp3) is 0.304. The molecule has 10 heteroatoms. The van der Waals surface area contributed by atoms with Crippen LogP contribution in [0.4, 0.5) is 0 Å². The van der Waals surface area contributed by atoms with Crippen molar-refractivity contribution in [2.75, 3.05) is 32.8 Å². The van der Waals surface area contributed by atoms with E-state index >= 15 is 0 Å². The van der Waals surface area contributed by atoms with Crippen molar-refractivity contribution in [2.45, 2.75) is 13.0 Å². The molecule has 3 aromatic rings. The number of aliphatic imine (C=N–C) groups is 1. The van der Waals surface area contributed by atoms with Crippen molar-refractivity contribution in [3.63, 3.8) is 0 Å². The first-order valence-electron chi connectivity index (χ1n) is 10.3. The largest absolute Gasteiger partial charge is 0.493 e. The van der Waals surface area contributed by atoms with E-state index in [1.165, 1.54) is 17.9 Å². The second-order valence-electron chi connectivity index (χ2n) is 7.46. The molecule has 0 aliphatic carbocycles. The van der Waals surface area contributed by atoms with Gasteiger partial charge in [0.25, 0.3) is 0 Å². The van der Waals surface area contributed by atoms with Crippen LogP contribution in [0.5, 0.6) is 11.5 Å². The average molecular weight is 473 g/mol. The van der Waals surface area contributed by atoms with E-state index in [2.05, 4.69) is 9.98 Å². The summed E-state index contributed by atoms with van der Waals surface area (Å²) in [5, 5.41) is 0. The molecule has 0 amide bonds. The molecule has 0 saturated carbocycles. The summed E-state index contributed by atoms with van der Waals surface area (Å²) in [6.07, 6.45) is 4.14. The third-order valence-corrected chi connectivity index (χ3v) is 6.08. The number of hydrogen-bond donors (Lipinski definition) is 2. The second kappa shape index (κ2) is 9.95. The summed E-state index contributed by atoms with van der Waals surface area (Å²) >= 11 is 0. The number of para-hydroxylation sites is 1. The summed E-state index contributed by atoms with van der Waals surface area (Å²) in [6.45, 7) is 2.24. The first-order chi connectivity index (χ1) is 15.7. The number of methoxy groups -OCH3 is 1. The fourth-order valence-electron chi connectivity index (χ4n) is 3.82. The van der Waals surface area contributed by atoms with Crippen LogP contribution >= 0.6 is 0 Å². The summed E-state index contributed by atoms with van der Waals surface area (Å²) in [7, 11) is -0.310. The normalized spacial score (nSPS) is 13.5. The summed E-state index contributed by atoms with van der Waals surface area (Å²) in [6, 6.07) is 9.71. The minimum absolute atomic E-state index is 0.280. The Kier molecular flexibility index (Phi) is 7.27. The van der Waals surface area contributed by atoms with E-state index in [9.17, 15) is 13.2 Å². The molecule has 3 rings (SSSR count). The Morgan fingerprint density at radius 1 is 1.27 bits per heavy atom. The highest BCUT2D eigenvalue weighted by Crippen LogP contribution is 2.33. The molecule has 0 bridgehead atoms. The molecule has 0 saturated heterocycles. The summed E-state index contributed by atoms with van der Waals surface area (Å²) < 4.78 is 37.2. The molecule has 2 aromatic carbocycles. The predicted molar refractivity (Wildman–Crippen MR) is 131 cm³/mol. The summed E-state index contributed by atoms with van der Waals surface area (Å²) in [5.74, 6) is 0.707. The van der Waals surface area contributed by atoms with Gasteiger partial charge in [0.15, 0.2) is 11.5 Å². The zero-order chi connectivity index (χ0) is 24.2. The first kappa shape index (κ1) is 24.1. The van der Waals surface area contributed by atoms with E-state index in [1.54, 1.807) is 43.6 Å². The monoisotopic (exact) mass is 472 g/mol. The Hall–Kier alpha value is -3.53. The molecule has 1 unspecified atom stereocenters. The molecule has 3 N–H and O–H groups in total. The third-order valence-electron chi connectivity index (χ3n) is 5.16. The lowest BCUT2D eigenvalue weighted by Crippen LogP contribution is -2.28. The average Bonchev–Trinajstić information content (AvgIpc) is 3.11. The van der Waals surface area contributed by atoms with Crippen LogP contribution in [0.2, 0.25) is 0 Å². The Bertz CT molecular complexity index is 1370. The number of sulfone groups is 1. The van der Waals surface area contributed by atoms with Crippen LogP contribution in [0.25, 0.3) is 16.6 Å². The van der Waals surface area contributed by atoms with Gasteiger partial charge in [0, 0.05) is 36.9 Å². The Labute approximate surface area is 192 Å². The molecule has 0 aliphatic rings. The highest BCUT2D eigenvalue weighted by atomic mass is 32.2. The van der Waals surface area contributed by atoms with Gasteiger partial charge in [-0.2, -0.15) is 0 Å². The van der Waals surface area contributed by atoms with Crippen LogP contribution in [0.15, 0.2) is 52.4 Å². The number of fused-ring (bicyclic) bond motifs is 1. The van der Waals surface area contributed by atoms with Gasteiger partial charge in [-0.3, -0.25) is 9.56 Å². The van der Waals surface area contributed by atoms with Gasteiger partial charge >= 0.3 is 5.69 Å². The number of hydrogen-bond acceptors (Lipinski definition) is 7. The minimum Gasteiger partial charge on any atom is -0.493 e. The molecular weight excluding hydrogens is 444 g/mol. The van der Waals surface area contributed by atoms with Gasteiger partial charge in [-0.05, 0) is 30.7 Å². The number of nitrogens with zero attached hydrogens (tertiary/aromatic N) is 2. The quantitative estimate of drug-likeness (QED) is 0.460. The Morgan fingerprint density at radius 3 is 2.64 bits per heavy atom. The number of benzene rings is 2. The Morgan fingerprint density at radius 2 is 2.03 bits per heavy atom. The molecule has 0 aliphatic heterocycles. The third kappa shape index (κ3) is 5.11. The Balaban J connectivity index is 2.29. The molecule has 9 nitrogen and oxygen atoms in total. The van der Waals surface area contributed by atoms with Crippen molar-refractivity contribution in [3.05, 3.63) is 64.2 Å². The molecule has 0 fully saturated rings. The molecule has 1 aromatic heterocycles. The number of rotatable bonds is 9. The van der Waals surface area contributed by atoms with Crippen molar-refractivity contribution in [1.29, 1.82) is 0 Å². The topological polar surface area (TPSA) is 129 Å². The lowest BCUT2D eigenvalue weighted by atomic mass is 10.0. The van der Waals surface area contributed by atoms with Crippen LogP contribution in [0.1, 0.15) is 24.1 Å². The van der Waals surface area contributed by atoms with Crippen LogP contribution in [-0.4, -0.2) is 57.0 Å². The smallest absolute Gasteiger partial charge is 0.327 e. The fourth-order valence-corrected chi connectivity index (χ4v) is 4.73. The minimum atomic E-state index is -3.46. The number of nitrogens with two attached hydrogens (primary N) is 1. The van der Waals surface area contributed by atoms with E-state index in [0.717, 1.165) is 6.26 Å². The van der Waals surface area contributed by atoms with Gasteiger partial charge in [-0.1, -0.05) is 18.2 Å².